The molecule has 0 saturated heterocycles. The summed E-state index contributed by atoms with van der Waals surface area (Å²) < 4.78 is 0. The molecule has 1 aliphatic rings. The zero-order valence-corrected chi connectivity index (χ0v) is 7.24. The standard InChI is InChI=1S/C9HN6/c10-1-5-6(2-11)8(4-13)9(15-14)7(5)3-12/h10H/q+1. The summed E-state index contributed by atoms with van der Waals surface area (Å²) >= 11 is 0. The molecule has 0 heterocycles. The van der Waals surface area contributed by atoms with Gasteiger partial charge in [-0.25, -0.2) is 0 Å². The van der Waals surface area contributed by atoms with E-state index in [0.717, 1.165) is 0 Å². The molecule has 0 amide bonds. The van der Waals surface area contributed by atoms with Crippen LogP contribution in [0, 0.1) is 44.8 Å². The maximum absolute atomic E-state index is 8.73. The molecule has 0 bridgehead atoms. The van der Waals surface area contributed by atoms with Crippen LogP contribution in [0.15, 0.2) is 28.0 Å². The first kappa shape index (κ1) is 9.90. The third kappa shape index (κ3) is 1.17. The highest BCUT2D eigenvalue weighted by Gasteiger charge is 2.39. The fourth-order valence-corrected chi connectivity index (χ4v) is 1.17. The van der Waals surface area contributed by atoms with Crippen molar-refractivity contribution in [3.05, 3.63) is 33.0 Å². The van der Waals surface area contributed by atoms with E-state index in [4.69, 9.17) is 26.6 Å². The van der Waals surface area contributed by atoms with Crippen molar-refractivity contribution in [2.45, 2.75) is 0 Å². The molecule has 0 fully saturated rings. The Morgan fingerprint density at radius 2 is 1.47 bits per heavy atom. The minimum Gasteiger partial charge on any atom is -0.258 e. The molecule has 0 saturated carbocycles. The molecular weight excluding hydrogens is 192 g/mol. The maximum Gasteiger partial charge on any atom is 0.422 e. The molecule has 1 aliphatic carbocycles. The second kappa shape index (κ2) is 3.69. The van der Waals surface area contributed by atoms with Crippen LogP contribution in [0.3, 0.4) is 0 Å². The normalized spacial score (nSPS) is 13.7. The van der Waals surface area contributed by atoms with Crippen LogP contribution in [0.2, 0.25) is 0 Å². The van der Waals surface area contributed by atoms with Gasteiger partial charge in [0.05, 0.1) is 11.1 Å². The van der Waals surface area contributed by atoms with Gasteiger partial charge in [0.25, 0.3) is 0 Å². The van der Waals surface area contributed by atoms with Gasteiger partial charge in [0, 0.05) is 0 Å². The Bertz CT molecular complexity index is 563. The van der Waals surface area contributed by atoms with E-state index in [1.807, 2.05) is 5.87 Å². The lowest BCUT2D eigenvalue weighted by atomic mass is 10.1. The molecule has 1 N–H and O–H groups in total. The highest BCUT2D eigenvalue weighted by atomic mass is 14.9. The zero-order chi connectivity index (χ0) is 11.4. The second-order valence-electron chi connectivity index (χ2n) is 2.41. The van der Waals surface area contributed by atoms with Crippen molar-refractivity contribution in [2.75, 3.05) is 0 Å². The lowest BCUT2D eigenvalue weighted by Gasteiger charge is -1.87. The quantitative estimate of drug-likeness (QED) is 0.457. The Kier molecular flexibility index (Phi) is 2.44. The first-order valence-corrected chi connectivity index (χ1v) is 3.59. The first-order chi connectivity index (χ1) is 7.24. The van der Waals surface area contributed by atoms with E-state index in [2.05, 4.69) is 4.98 Å². The van der Waals surface area contributed by atoms with Crippen LogP contribution in [-0.4, -0.2) is 5.87 Å². The van der Waals surface area contributed by atoms with Gasteiger partial charge in [0.2, 0.25) is 5.39 Å². The van der Waals surface area contributed by atoms with Gasteiger partial charge in [-0.2, -0.15) is 15.8 Å². The zero-order valence-electron chi connectivity index (χ0n) is 7.24. The van der Waals surface area contributed by atoms with Crippen molar-refractivity contribution < 1.29 is 0 Å². The molecule has 15 heavy (non-hydrogen) atoms. The summed E-state index contributed by atoms with van der Waals surface area (Å²) in [5.74, 6) is 1.88. The molecule has 0 aromatic rings. The van der Waals surface area contributed by atoms with Crippen molar-refractivity contribution in [3.8, 4) is 18.2 Å². The van der Waals surface area contributed by atoms with Crippen LogP contribution in [-0.2, 0) is 0 Å². The number of hydrogen-bond donors (Lipinski definition) is 1. The van der Waals surface area contributed by atoms with E-state index in [1.54, 1.807) is 18.2 Å². The largest absolute Gasteiger partial charge is 0.422 e. The van der Waals surface area contributed by atoms with Gasteiger partial charge in [-0.15, -0.1) is 0 Å². The summed E-state index contributed by atoms with van der Waals surface area (Å²) in [4.78, 5) is 2.77. The maximum atomic E-state index is 8.73. The molecule has 0 aromatic heterocycles. The van der Waals surface area contributed by atoms with E-state index < -0.39 is 0 Å². The van der Waals surface area contributed by atoms with Crippen molar-refractivity contribution in [2.24, 2.45) is 0 Å². The molecule has 1 rings (SSSR count). The van der Waals surface area contributed by atoms with E-state index >= 15 is 0 Å². The Morgan fingerprint density at radius 1 is 0.933 bits per heavy atom. The summed E-state index contributed by atoms with van der Waals surface area (Å²) in [6.07, 6.45) is 0. The average Bonchev–Trinajstić information content (AvgIpc) is 2.59. The predicted octanol–water partition coefficient (Wildman–Crippen LogP) is 1.15. The van der Waals surface area contributed by atoms with Gasteiger partial charge in [-0.05, 0) is 5.87 Å². The Balaban J connectivity index is 3.75. The van der Waals surface area contributed by atoms with Crippen LogP contribution in [0.25, 0.3) is 4.98 Å². The van der Waals surface area contributed by atoms with Crippen LogP contribution < -0.4 is 0 Å². The SMILES string of the molecule is N#CC1=C(C#N)C([N+]#N)=C(C#N)C1=C=N. The Labute approximate surface area is 84.4 Å². The minimum absolute atomic E-state index is 0.121. The van der Waals surface area contributed by atoms with Crippen LogP contribution in [0.1, 0.15) is 0 Å². The molecule has 6 heteroatoms. The van der Waals surface area contributed by atoms with Crippen molar-refractivity contribution >= 4 is 5.87 Å². The Hall–Kier alpha value is -3.18. The lowest BCUT2D eigenvalue weighted by molar-refractivity contribution is 1.37. The first-order valence-electron chi connectivity index (χ1n) is 3.59. The number of allylic oxidation sites excluding steroid dienone is 4. The number of rotatable bonds is 0. The summed E-state index contributed by atoms with van der Waals surface area (Å²) in [6, 6.07) is 4.97. The Morgan fingerprint density at radius 3 is 1.80 bits per heavy atom. The van der Waals surface area contributed by atoms with Gasteiger partial charge >= 0.3 is 5.70 Å². The molecule has 0 radical (unpaired) electrons. The number of nitrogens with one attached hydrogen (secondary N) is 1. The van der Waals surface area contributed by atoms with E-state index in [0.29, 0.717) is 0 Å². The number of diazo groups is 1. The van der Waals surface area contributed by atoms with Crippen molar-refractivity contribution in [3.63, 3.8) is 0 Å². The topological polar surface area (TPSA) is 123 Å². The van der Waals surface area contributed by atoms with Crippen molar-refractivity contribution in [1.29, 1.82) is 26.6 Å². The monoisotopic (exact) mass is 193 g/mol. The number of hydrogen-bond acceptors (Lipinski definition) is 5. The predicted molar refractivity (Wildman–Crippen MR) is 47.2 cm³/mol. The van der Waals surface area contributed by atoms with Gasteiger partial charge in [0.1, 0.15) is 18.2 Å². The number of nitrogens with zero attached hydrogens (tertiary/aromatic N) is 5. The second-order valence-corrected chi connectivity index (χ2v) is 2.41. The molecule has 66 valence electrons. The summed E-state index contributed by atoms with van der Waals surface area (Å²) in [5, 5.41) is 41.7. The molecule has 0 aromatic carbocycles. The van der Waals surface area contributed by atoms with E-state index in [1.165, 1.54) is 0 Å². The molecule has 0 unspecified atom stereocenters. The summed E-state index contributed by atoms with van der Waals surface area (Å²) in [6.45, 7) is 0. The highest BCUT2D eigenvalue weighted by molar-refractivity contribution is 5.85. The summed E-state index contributed by atoms with van der Waals surface area (Å²) in [7, 11) is 0. The lowest BCUT2D eigenvalue weighted by Crippen LogP contribution is -1.86. The minimum atomic E-state index is -0.286. The molecule has 0 atom stereocenters. The van der Waals surface area contributed by atoms with E-state index in [-0.39, 0.29) is 28.0 Å². The average molecular weight is 193 g/mol. The summed E-state index contributed by atoms with van der Waals surface area (Å²) in [5.41, 5.74) is -0.987. The molecular formula is C9HN6+. The third-order valence-electron chi connectivity index (χ3n) is 1.78. The van der Waals surface area contributed by atoms with E-state index in [9.17, 15) is 0 Å². The molecule has 6 nitrogen and oxygen atoms in total. The molecule has 0 aliphatic heterocycles. The smallest absolute Gasteiger partial charge is 0.258 e. The highest BCUT2D eigenvalue weighted by Crippen LogP contribution is 2.35. The fourth-order valence-electron chi connectivity index (χ4n) is 1.17. The third-order valence-corrected chi connectivity index (χ3v) is 1.78. The molecule has 0 spiro atoms. The number of nitriles is 3. The van der Waals surface area contributed by atoms with Crippen LogP contribution in [0.5, 0.6) is 0 Å². The van der Waals surface area contributed by atoms with Gasteiger partial charge in [-0.1, -0.05) is 0 Å². The van der Waals surface area contributed by atoms with Crippen LogP contribution >= 0.6 is 0 Å². The van der Waals surface area contributed by atoms with Gasteiger partial charge < -0.3 is 0 Å². The van der Waals surface area contributed by atoms with Gasteiger partial charge in [0.15, 0.2) is 16.1 Å². The van der Waals surface area contributed by atoms with Crippen LogP contribution in [0.4, 0.5) is 0 Å². The van der Waals surface area contributed by atoms with Crippen molar-refractivity contribution in [1.82, 2.24) is 0 Å². The fraction of sp³-hybridized carbons (Fsp3) is 0. The van der Waals surface area contributed by atoms with Gasteiger partial charge in [-0.3, -0.25) is 5.41 Å².